The smallest absolute Gasteiger partial charge is 0.231 e. The SMILES string of the molecule is CCCC(CCC)Nc1c(-c2noc(Cc3ccc(OC)cc3)n2)cnc2c1cnn2CC. The fraction of sp³-hybridized carbons (Fsp3) is 0.440. The molecular formula is C25H32N6O2. The predicted molar refractivity (Wildman–Crippen MR) is 130 cm³/mol. The molecule has 3 aromatic heterocycles. The van der Waals surface area contributed by atoms with Crippen molar-refractivity contribution in [2.75, 3.05) is 12.4 Å². The van der Waals surface area contributed by atoms with Crippen LogP contribution in [-0.2, 0) is 13.0 Å². The first kappa shape index (κ1) is 22.8. The molecule has 0 saturated carbocycles. The van der Waals surface area contributed by atoms with Crippen LogP contribution in [0.2, 0.25) is 0 Å². The molecule has 0 bridgehead atoms. The van der Waals surface area contributed by atoms with Crippen LogP contribution in [0, 0.1) is 0 Å². The van der Waals surface area contributed by atoms with Crippen molar-refractivity contribution in [3.8, 4) is 17.1 Å². The second kappa shape index (κ2) is 10.5. The van der Waals surface area contributed by atoms with Gasteiger partial charge >= 0.3 is 0 Å². The van der Waals surface area contributed by atoms with E-state index in [0.717, 1.165) is 65.8 Å². The lowest BCUT2D eigenvalue weighted by Crippen LogP contribution is -2.19. The number of benzene rings is 1. The molecule has 0 amide bonds. The van der Waals surface area contributed by atoms with Crippen LogP contribution in [0.1, 0.15) is 57.9 Å². The minimum Gasteiger partial charge on any atom is -0.497 e. The predicted octanol–water partition coefficient (Wildman–Crippen LogP) is 5.48. The van der Waals surface area contributed by atoms with E-state index in [0.29, 0.717) is 24.2 Å². The number of nitrogens with one attached hydrogen (secondary N) is 1. The van der Waals surface area contributed by atoms with Gasteiger partial charge in [0.25, 0.3) is 0 Å². The van der Waals surface area contributed by atoms with E-state index in [1.807, 2.05) is 41.3 Å². The van der Waals surface area contributed by atoms with E-state index in [4.69, 9.17) is 14.2 Å². The van der Waals surface area contributed by atoms with Crippen LogP contribution in [0.25, 0.3) is 22.4 Å². The van der Waals surface area contributed by atoms with Gasteiger partial charge in [-0.05, 0) is 37.5 Å². The largest absolute Gasteiger partial charge is 0.497 e. The zero-order valence-electron chi connectivity index (χ0n) is 19.8. The van der Waals surface area contributed by atoms with Crippen LogP contribution in [-0.4, -0.2) is 38.1 Å². The van der Waals surface area contributed by atoms with Gasteiger partial charge in [0, 0.05) is 18.8 Å². The number of fused-ring (bicyclic) bond motifs is 1. The van der Waals surface area contributed by atoms with Crippen LogP contribution in [0.15, 0.2) is 41.2 Å². The molecular weight excluding hydrogens is 416 g/mol. The summed E-state index contributed by atoms with van der Waals surface area (Å²) in [7, 11) is 1.66. The first-order valence-corrected chi connectivity index (χ1v) is 11.7. The van der Waals surface area contributed by atoms with Crippen LogP contribution < -0.4 is 10.1 Å². The molecule has 33 heavy (non-hydrogen) atoms. The van der Waals surface area contributed by atoms with E-state index < -0.39 is 0 Å². The number of aryl methyl sites for hydroxylation is 1. The normalized spacial score (nSPS) is 11.4. The van der Waals surface area contributed by atoms with Gasteiger partial charge in [-0.15, -0.1) is 0 Å². The fourth-order valence-corrected chi connectivity index (χ4v) is 4.13. The number of hydrogen-bond donors (Lipinski definition) is 1. The molecule has 0 unspecified atom stereocenters. The third-order valence-corrected chi connectivity index (χ3v) is 5.81. The third kappa shape index (κ3) is 4.99. The van der Waals surface area contributed by atoms with E-state index in [1.54, 1.807) is 7.11 Å². The summed E-state index contributed by atoms with van der Waals surface area (Å²) in [6, 6.07) is 8.23. The number of methoxy groups -OCH3 is 1. The molecule has 3 heterocycles. The Morgan fingerprint density at radius 1 is 1.06 bits per heavy atom. The quantitative estimate of drug-likeness (QED) is 0.325. The lowest BCUT2D eigenvalue weighted by Gasteiger charge is -2.20. The van der Waals surface area contributed by atoms with E-state index in [2.05, 4.69) is 41.3 Å². The van der Waals surface area contributed by atoms with Gasteiger partial charge in [0.2, 0.25) is 11.7 Å². The first-order chi connectivity index (χ1) is 16.2. The van der Waals surface area contributed by atoms with E-state index in [1.165, 1.54) is 0 Å². The van der Waals surface area contributed by atoms with Crippen molar-refractivity contribution in [2.45, 2.75) is 65.5 Å². The number of ether oxygens (including phenoxy) is 1. The molecule has 174 valence electrons. The van der Waals surface area contributed by atoms with E-state index in [9.17, 15) is 0 Å². The summed E-state index contributed by atoms with van der Waals surface area (Å²) in [5.41, 5.74) is 3.74. The van der Waals surface area contributed by atoms with Crippen LogP contribution in [0.4, 0.5) is 5.69 Å². The molecule has 0 saturated heterocycles. The summed E-state index contributed by atoms with van der Waals surface area (Å²) >= 11 is 0. The molecule has 0 radical (unpaired) electrons. The molecule has 0 aliphatic heterocycles. The summed E-state index contributed by atoms with van der Waals surface area (Å²) in [6.45, 7) is 7.26. The minimum atomic E-state index is 0.361. The zero-order valence-corrected chi connectivity index (χ0v) is 19.8. The van der Waals surface area contributed by atoms with Crippen molar-refractivity contribution in [1.29, 1.82) is 0 Å². The highest BCUT2D eigenvalue weighted by Crippen LogP contribution is 2.34. The highest BCUT2D eigenvalue weighted by atomic mass is 16.5. The highest BCUT2D eigenvalue weighted by Gasteiger charge is 2.20. The van der Waals surface area contributed by atoms with Gasteiger partial charge in [-0.1, -0.05) is 44.0 Å². The Morgan fingerprint density at radius 2 is 1.82 bits per heavy atom. The van der Waals surface area contributed by atoms with Gasteiger partial charge in [-0.25, -0.2) is 9.67 Å². The molecule has 8 heteroatoms. The maximum atomic E-state index is 5.60. The average molecular weight is 449 g/mol. The third-order valence-electron chi connectivity index (χ3n) is 5.81. The molecule has 1 aromatic carbocycles. The lowest BCUT2D eigenvalue weighted by atomic mass is 10.0. The molecule has 0 fully saturated rings. The molecule has 0 aliphatic rings. The molecule has 4 aromatic rings. The van der Waals surface area contributed by atoms with Gasteiger partial charge < -0.3 is 14.6 Å². The maximum Gasteiger partial charge on any atom is 0.231 e. The number of rotatable bonds is 11. The molecule has 8 nitrogen and oxygen atoms in total. The summed E-state index contributed by atoms with van der Waals surface area (Å²) in [6.07, 6.45) is 8.67. The van der Waals surface area contributed by atoms with Crippen molar-refractivity contribution in [1.82, 2.24) is 24.9 Å². The first-order valence-electron chi connectivity index (χ1n) is 11.7. The summed E-state index contributed by atoms with van der Waals surface area (Å²) < 4.78 is 12.7. The van der Waals surface area contributed by atoms with Crippen molar-refractivity contribution in [3.63, 3.8) is 0 Å². The van der Waals surface area contributed by atoms with Gasteiger partial charge in [0.15, 0.2) is 5.65 Å². The van der Waals surface area contributed by atoms with Crippen LogP contribution in [0.3, 0.4) is 0 Å². The Labute approximate surface area is 194 Å². The molecule has 1 N–H and O–H groups in total. The number of anilines is 1. The Morgan fingerprint density at radius 3 is 2.48 bits per heavy atom. The van der Waals surface area contributed by atoms with E-state index >= 15 is 0 Å². The van der Waals surface area contributed by atoms with Crippen LogP contribution in [0.5, 0.6) is 5.75 Å². The van der Waals surface area contributed by atoms with Gasteiger partial charge in [0.05, 0.1) is 36.4 Å². The fourth-order valence-electron chi connectivity index (χ4n) is 4.13. The monoisotopic (exact) mass is 448 g/mol. The molecule has 0 spiro atoms. The Balaban J connectivity index is 1.69. The highest BCUT2D eigenvalue weighted by molar-refractivity contribution is 5.96. The lowest BCUT2D eigenvalue weighted by molar-refractivity contribution is 0.385. The maximum absolute atomic E-state index is 5.60. The molecule has 0 atom stereocenters. The van der Waals surface area contributed by atoms with Gasteiger partial charge in [-0.2, -0.15) is 10.1 Å². The van der Waals surface area contributed by atoms with Crippen molar-refractivity contribution >= 4 is 16.7 Å². The van der Waals surface area contributed by atoms with Crippen molar-refractivity contribution in [3.05, 3.63) is 48.1 Å². The van der Waals surface area contributed by atoms with Gasteiger partial charge in [-0.3, -0.25) is 0 Å². The average Bonchev–Trinajstić information content (AvgIpc) is 3.47. The van der Waals surface area contributed by atoms with Crippen LogP contribution >= 0.6 is 0 Å². The van der Waals surface area contributed by atoms with Crippen molar-refractivity contribution < 1.29 is 9.26 Å². The topological polar surface area (TPSA) is 90.9 Å². The Kier molecular flexibility index (Phi) is 7.22. The summed E-state index contributed by atoms with van der Waals surface area (Å²) in [4.78, 5) is 9.38. The Bertz CT molecular complexity index is 1180. The Hall–Kier alpha value is -3.42. The number of nitrogens with zero attached hydrogens (tertiary/aromatic N) is 5. The minimum absolute atomic E-state index is 0.361. The zero-order chi connectivity index (χ0) is 23.2. The second-order valence-corrected chi connectivity index (χ2v) is 8.20. The van der Waals surface area contributed by atoms with E-state index in [-0.39, 0.29) is 0 Å². The second-order valence-electron chi connectivity index (χ2n) is 8.20. The summed E-state index contributed by atoms with van der Waals surface area (Å²) in [5.74, 6) is 1.91. The standard InChI is InChI=1S/C25H32N6O2/c1-5-8-18(9-6-2)28-23-20(15-26-25-21(23)16-27-31(25)7-3)24-29-22(33-30-24)14-17-10-12-19(32-4)13-11-17/h10-13,15-16,18H,5-9,14H2,1-4H3,(H,26,28). The number of pyridine rings is 1. The molecule has 0 aliphatic carbocycles. The molecule has 4 rings (SSSR count). The number of aromatic nitrogens is 5. The van der Waals surface area contributed by atoms with Gasteiger partial charge in [0.1, 0.15) is 5.75 Å². The van der Waals surface area contributed by atoms with Crippen molar-refractivity contribution in [2.24, 2.45) is 0 Å². The summed E-state index contributed by atoms with van der Waals surface area (Å²) in [5, 5.41) is 13.6. The number of hydrogen-bond acceptors (Lipinski definition) is 7.